The van der Waals surface area contributed by atoms with E-state index in [9.17, 15) is 0 Å². The van der Waals surface area contributed by atoms with Crippen molar-refractivity contribution in [1.29, 1.82) is 0 Å². The van der Waals surface area contributed by atoms with E-state index in [1.807, 2.05) is 24.3 Å². The molecule has 1 aliphatic carbocycles. The molecule has 1 saturated carbocycles. The van der Waals surface area contributed by atoms with Gasteiger partial charge >= 0.3 is 0 Å². The van der Waals surface area contributed by atoms with Gasteiger partial charge in [-0.15, -0.1) is 0 Å². The van der Waals surface area contributed by atoms with Gasteiger partial charge in [-0.05, 0) is 37.0 Å². The fourth-order valence-electron chi connectivity index (χ4n) is 2.58. The molecule has 17 heavy (non-hydrogen) atoms. The predicted octanol–water partition coefficient (Wildman–Crippen LogP) is 5.08. The smallest absolute Gasteiger partial charge is 0.120 e. The molecule has 94 valence electrons. The normalized spacial score (nSPS) is 16.3. The molecule has 1 aromatic rings. The summed E-state index contributed by atoms with van der Waals surface area (Å²) >= 11 is 5.89. The molecule has 0 bridgehead atoms. The SMILES string of the molecule is Clc1cccc(OCCCCC2CCCC2)c1. The fraction of sp³-hybridized carbons (Fsp3) is 0.600. The summed E-state index contributed by atoms with van der Waals surface area (Å²) in [5.74, 6) is 1.89. The molecule has 1 aliphatic rings. The van der Waals surface area contributed by atoms with Crippen LogP contribution in [-0.2, 0) is 0 Å². The van der Waals surface area contributed by atoms with Crippen molar-refractivity contribution in [2.75, 3.05) is 6.61 Å². The Morgan fingerprint density at radius 3 is 2.76 bits per heavy atom. The second kappa shape index (κ2) is 6.90. The summed E-state index contributed by atoms with van der Waals surface area (Å²) in [6, 6.07) is 7.63. The van der Waals surface area contributed by atoms with E-state index < -0.39 is 0 Å². The van der Waals surface area contributed by atoms with Crippen LogP contribution in [0.2, 0.25) is 5.02 Å². The van der Waals surface area contributed by atoms with Crippen molar-refractivity contribution in [1.82, 2.24) is 0 Å². The Kier molecular flexibility index (Phi) is 5.18. The predicted molar refractivity (Wildman–Crippen MR) is 72.8 cm³/mol. The van der Waals surface area contributed by atoms with Gasteiger partial charge < -0.3 is 4.74 Å². The molecular weight excluding hydrogens is 232 g/mol. The van der Waals surface area contributed by atoms with E-state index in [2.05, 4.69) is 0 Å². The third-order valence-corrected chi connectivity index (χ3v) is 3.78. The van der Waals surface area contributed by atoms with Crippen molar-refractivity contribution < 1.29 is 4.74 Å². The van der Waals surface area contributed by atoms with Gasteiger partial charge in [-0.2, -0.15) is 0 Å². The molecule has 0 saturated heterocycles. The lowest BCUT2D eigenvalue weighted by atomic mass is 10.0. The van der Waals surface area contributed by atoms with Crippen LogP contribution in [0.4, 0.5) is 0 Å². The Morgan fingerprint density at radius 2 is 2.00 bits per heavy atom. The number of hydrogen-bond donors (Lipinski definition) is 0. The van der Waals surface area contributed by atoms with Crippen LogP contribution in [0.3, 0.4) is 0 Å². The van der Waals surface area contributed by atoms with Crippen LogP contribution in [0, 0.1) is 5.92 Å². The third-order valence-electron chi connectivity index (χ3n) is 3.55. The lowest BCUT2D eigenvalue weighted by Gasteiger charge is -2.09. The zero-order valence-corrected chi connectivity index (χ0v) is 11.1. The van der Waals surface area contributed by atoms with Crippen LogP contribution in [0.5, 0.6) is 5.75 Å². The van der Waals surface area contributed by atoms with Crippen LogP contribution < -0.4 is 4.74 Å². The monoisotopic (exact) mass is 252 g/mol. The zero-order valence-electron chi connectivity index (χ0n) is 10.3. The van der Waals surface area contributed by atoms with Crippen LogP contribution in [0.15, 0.2) is 24.3 Å². The first-order valence-electron chi connectivity index (χ1n) is 6.73. The fourth-order valence-corrected chi connectivity index (χ4v) is 2.76. The first-order chi connectivity index (χ1) is 8.34. The number of ether oxygens (including phenoxy) is 1. The van der Waals surface area contributed by atoms with E-state index in [0.717, 1.165) is 29.7 Å². The quantitative estimate of drug-likeness (QED) is 0.642. The van der Waals surface area contributed by atoms with E-state index in [0.29, 0.717) is 0 Å². The Labute approximate surface area is 109 Å². The summed E-state index contributed by atoms with van der Waals surface area (Å²) in [6.45, 7) is 0.813. The number of unbranched alkanes of at least 4 members (excludes halogenated alkanes) is 1. The molecule has 0 atom stereocenters. The maximum atomic E-state index is 5.89. The summed E-state index contributed by atoms with van der Waals surface area (Å²) in [4.78, 5) is 0. The third kappa shape index (κ3) is 4.59. The molecule has 0 spiro atoms. The molecule has 2 heteroatoms. The second-order valence-corrected chi connectivity index (χ2v) is 5.39. The van der Waals surface area contributed by atoms with Crippen molar-refractivity contribution in [2.45, 2.75) is 44.9 Å². The van der Waals surface area contributed by atoms with Gasteiger partial charge in [0.15, 0.2) is 0 Å². The Bertz CT molecular complexity index is 331. The van der Waals surface area contributed by atoms with Gasteiger partial charge in [0.1, 0.15) is 5.75 Å². The molecule has 1 nitrogen and oxygen atoms in total. The molecule has 0 heterocycles. The molecule has 0 aliphatic heterocycles. The minimum Gasteiger partial charge on any atom is -0.494 e. The molecule has 1 aromatic carbocycles. The van der Waals surface area contributed by atoms with Crippen LogP contribution >= 0.6 is 11.6 Å². The van der Waals surface area contributed by atoms with Gasteiger partial charge in [0.2, 0.25) is 0 Å². The lowest BCUT2D eigenvalue weighted by molar-refractivity contribution is 0.299. The van der Waals surface area contributed by atoms with Crippen molar-refractivity contribution in [3.05, 3.63) is 29.3 Å². The average Bonchev–Trinajstić information content (AvgIpc) is 2.82. The molecule has 0 radical (unpaired) electrons. The number of rotatable bonds is 6. The van der Waals surface area contributed by atoms with E-state index >= 15 is 0 Å². The summed E-state index contributed by atoms with van der Waals surface area (Å²) in [7, 11) is 0. The zero-order chi connectivity index (χ0) is 11.9. The Morgan fingerprint density at radius 1 is 1.18 bits per heavy atom. The highest BCUT2D eigenvalue weighted by Gasteiger charge is 2.13. The van der Waals surface area contributed by atoms with Crippen molar-refractivity contribution in [3.8, 4) is 5.75 Å². The standard InChI is InChI=1S/C15H21ClO/c16-14-9-5-10-15(12-14)17-11-4-3-8-13-6-1-2-7-13/h5,9-10,12-13H,1-4,6-8,11H2. The number of benzene rings is 1. The van der Waals surface area contributed by atoms with Crippen molar-refractivity contribution in [3.63, 3.8) is 0 Å². The molecular formula is C15H21ClO. The van der Waals surface area contributed by atoms with E-state index in [4.69, 9.17) is 16.3 Å². The van der Waals surface area contributed by atoms with E-state index in [1.165, 1.54) is 38.5 Å². The molecule has 2 rings (SSSR count). The Hall–Kier alpha value is -0.690. The topological polar surface area (TPSA) is 9.23 Å². The molecule has 0 N–H and O–H groups in total. The van der Waals surface area contributed by atoms with Gasteiger partial charge in [0, 0.05) is 5.02 Å². The highest BCUT2D eigenvalue weighted by molar-refractivity contribution is 6.30. The van der Waals surface area contributed by atoms with Crippen molar-refractivity contribution in [2.24, 2.45) is 5.92 Å². The van der Waals surface area contributed by atoms with E-state index in [-0.39, 0.29) is 0 Å². The summed E-state index contributed by atoms with van der Waals surface area (Å²) in [5.41, 5.74) is 0. The van der Waals surface area contributed by atoms with Gasteiger partial charge in [0.05, 0.1) is 6.61 Å². The molecule has 0 unspecified atom stereocenters. The highest BCUT2D eigenvalue weighted by Crippen LogP contribution is 2.28. The minimum absolute atomic E-state index is 0.744. The van der Waals surface area contributed by atoms with E-state index in [1.54, 1.807) is 0 Å². The lowest BCUT2D eigenvalue weighted by Crippen LogP contribution is -1.99. The number of halogens is 1. The largest absolute Gasteiger partial charge is 0.494 e. The maximum Gasteiger partial charge on any atom is 0.120 e. The average molecular weight is 253 g/mol. The van der Waals surface area contributed by atoms with Crippen LogP contribution in [-0.4, -0.2) is 6.61 Å². The van der Waals surface area contributed by atoms with Gasteiger partial charge in [0.25, 0.3) is 0 Å². The van der Waals surface area contributed by atoms with Crippen LogP contribution in [0.25, 0.3) is 0 Å². The van der Waals surface area contributed by atoms with Crippen LogP contribution in [0.1, 0.15) is 44.9 Å². The highest BCUT2D eigenvalue weighted by atomic mass is 35.5. The molecule has 0 aromatic heterocycles. The first kappa shape index (κ1) is 12.8. The van der Waals surface area contributed by atoms with Gasteiger partial charge in [-0.1, -0.05) is 49.8 Å². The second-order valence-electron chi connectivity index (χ2n) is 4.95. The number of hydrogen-bond acceptors (Lipinski definition) is 1. The molecule has 1 fully saturated rings. The summed E-state index contributed by atoms with van der Waals surface area (Å²) in [5, 5.41) is 0.744. The van der Waals surface area contributed by atoms with Gasteiger partial charge in [-0.3, -0.25) is 0 Å². The Balaban J connectivity index is 1.56. The van der Waals surface area contributed by atoms with Gasteiger partial charge in [-0.25, -0.2) is 0 Å². The maximum absolute atomic E-state index is 5.89. The van der Waals surface area contributed by atoms with Crippen molar-refractivity contribution >= 4 is 11.6 Å². The summed E-state index contributed by atoms with van der Waals surface area (Å²) in [6.07, 6.45) is 9.64. The summed E-state index contributed by atoms with van der Waals surface area (Å²) < 4.78 is 5.67. The first-order valence-corrected chi connectivity index (χ1v) is 7.11. The minimum atomic E-state index is 0.744. The molecule has 0 amide bonds.